The lowest BCUT2D eigenvalue weighted by atomic mass is 10.4. The van der Waals surface area contributed by atoms with Gasteiger partial charge in [-0.3, -0.25) is 4.90 Å². The van der Waals surface area contributed by atoms with Crippen LogP contribution in [0.1, 0.15) is 11.5 Å². The van der Waals surface area contributed by atoms with Crippen molar-refractivity contribution in [3.05, 3.63) is 23.7 Å². The number of halogens is 3. The fraction of sp³-hybridized carbons (Fsp3) is 0.556. The zero-order valence-corrected chi connectivity index (χ0v) is 8.06. The van der Waals surface area contributed by atoms with Gasteiger partial charge >= 0.3 is 6.18 Å². The van der Waals surface area contributed by atoms with Crippen molar-refractivity contribution in [3.8, 4) is 0 Å². The van der Waals surface area contributed by atoms with Crippen molar-refractivity contribution < 1.29 is 17.6 Å². The summed E-state index contributed by atoms with van der Waals surface area (Å²) in [5.41, 5.74) is 0. The minimum absolute atomic E-state index is 0.174. The van der Waals surface area contributed by atoms with E-state index in [1.165, 1.54) is 7.05 Å². The van der Waals surface area contributed by atoms with Gasteiger partial charge in [0.25, 0.3) is 0 Å². The third-order valence-electron chi connectivity index (χ3n) is 1.67. The summed E-state index contributed by atoms with van der Waals surface area (Å²) in [5.74, 6) is 1.26. The van der Waals surface area contributed by atoms with E-state index in [0.29, 0.717) is 11.5 Å². The summed E-state index contributed by atoms with van der Waals surface area (Å²) >= 11 is 0. The summed E-state index contributed by atoms with van der Waals surface area (Å²) in [6.07, 6.45) is -4.16. The van der Waals surface area contributed by atoms with Crippen LogP contribution in [0.25, 0.3) is 0 Å². The molecular formula is C9H12F3NO. The Kier molecular flexibility index (Phi) is 3.21. The molecule has 1 rings (SSSR count). The first kappa shape index (κ1) is 11.1. The molecule has 0 amide bonds. The molecule has 1 aromatic rings. The number of aryl methyl sites for hydroxylation is 1. The summed E-state index contributed by atoms with van der Waals surface area (Å²) in [5, 5.41) is 0. The smallest absolute Gasteiger partial charge is 0.401 e. The molecule has 0 bridgehead atoms. The van der Waals surface area contributed by atoms with Gasteiger partial charge in [0, 0.05) is 0 Å². The SMILES string of the molecule is Cc1ccc(CN(C)CC(F)(F)F)o1. The average molecular weight is 207 g/mol. The Morgan fingerprint density at radius 1 is 1.36 bits per heavy atom. The summed E-state index contributed by atoms with van der Waals surface area (Å²) in [4.78, 5) is 1.16. The van der Waals surface area contributed by atoms with Gasteiger partial charge in [0.05, 0.1) is 13.1 Å². The van der Waals surface area contributed by atoms with Gasteiger partial charge in [0.2, 0.25) is 0 Å². The minimum atomic E-state index is -4.16. The fourth-order valence-electron chi connectivity index (χ4n) is 1.20. The normalized spacial score (nSPS) is 12.4. The van der Waals surface area contributed by atoms with Crippen LogP contribution in [0.3, 0.4) is 0 Å². The summed E-state index contributed by atoms with van der Waals surface area (Å²) in [6.45, 7) is 1.01. The molecule has 0 spiro atoms. The molecule has 0 aliphatic carbocycles. The highest BCUT2D eigenvalue weighted by Crippen LogP contribution is 2.17. The van der Waals surface area contributed by atoms with Gasteiger partial charge in [-0.1, -0.05) is 0 Å². The Labute approximate surface area is 80.3 Å². The van der Waals surface area contributed by atoms with Crippen LogP contribution in [-0.4, -0.2) is 24.7 Å². The molecule has 0 fully saturated rings. The zero-order chi connectivity index (χ0) is 10.8. The highest BCUT2D eigenvalue weighted by molar-refractivity contribution is 5.05. The predicted molar refractivity (Wildman–Crippen MR) is 45.8 cm³/mol. The molecule has 1 aromatic heterocycles. The largest absolute Gasteiger partial charge is 0.465 e. The lowest BCUT2D eigenvalue weighted by molar-refractivity contribution is -0.144. The highest BCUT2D eigenvalue weighted by atomic mass is 19.4. The number of nitrogens with zero attached hydrogens (tertiary/aromatic N) is 1. The Balaban J connectivity index is 2.45. The Hall–Kier alpha value is -0.970. The maximum Gasteiger partial charge on any atom is 0.401 e. The summed E-state index contributed by atoms with van der Waals surface area (Å²) in [7, 11) is 1.41. The molecule has 0 saturated heterocycles. The van der Waals surface area contributed by atoms with Crippen molar-refractivity contribution in [2.75, 3.05) is 13.6 Å². The van der Waals surface area contributed by atoms with Crippen molar-refractivity contribution in [3.63, 3.8) is 0 Å². The van der Waals surface area contributed by atoms with Gasteiger partial charge in [-0.2, -0.15) is 13.2 Å². The molecule has 0 aliphatic heterocycles. The third-order valence-corrected chi connectivity index (χ3v) is 1.67. The van der Waals surface area contributed by atoms with E-state index in [9.17, 15) is 13.2 Å². The molecular weight excluding hydrogens is 195 g/mol. The van der Waals surface area contributed by atoms with Crippen LogP contribution >= 0.6 is 0 Å². The second kappa shape index (κ2) is 4.04. The molecule has 0 aromatic carbocycles. The fourth-order valence-corrected chi connectivity index (χ4v) is 1.20. The molecule has 1 heterocycles. The maximum atomic E-state index is 11.9. The number of furan rings is 1. The third kappa shape index (κ3) is 3.83. The lowest BCUT2D eigenvalue weighted by Crippen LogP contribution is -2.30. The molecule has 80 valence electrons. The van der Waals surface area contributed by atoms with E-state index in [4.69, 9.17) is 4.42 Å². The van der Waals surface area contributed by atoms with Crippen molar-refractivity contribution in [1.29, 1.82) is 0 Å². The lowest BCUT2D eigenvalue weighted by Gasteiger charge is -2.16. The van der Waals surface area contributed by atoms with E-state index >= 15 is 0 Å². The van der Waals surface area contributed by atoms with Crippen molar-refractivity contribution in [1.82, 2.24) is 4.90 Å². The van der Waals surface area contributed by atoms with Crippen molar-refractivity contribution >= 4 is 0 Å². The Morgan fingerprint density at radius 3 is 2.43 bits per heavy atom. The van der Waals surface area contributed by atoms with E-state index in [2.05, 4.69) is 0 Å². The standard InChI is InChI=1S/C9H12F3NO/c1-7-3-4-8(14-7)5-13(2)6-9(10,11)12/h3-4H,5-6H2,1-2H3. The topological polar surface area (TPSA) is 16.4 Å². The summed E-state index contributed by atoms with van der Waals surface area (Å²) < 4.78 is 41.0. The van der Waals surface area contributed by atoms with Crippen molar-refractivity contribution in [2.45, 2.75) is 19.6 Å². The van der Waals surface area contributed by atoms with Crippen LogP contribution in [0.2, 0.25) is 0 Å². The summed E-state index contributed by atoms with van der Waals surface area (Å²) in [6, 6.07) is 3.42. The Bertz CT molecular complexity index is 292. The first-order valence-corrected chi connectivity index (χ1v) is 4.17. The molecule has 0 atom stereocenters. The van der Waals surface area contributed by atoms with Gasteiger partial charge in [0.1, 0.15) is 11.5 Å². The van der Waals surface area contributed by atoms with E-state index in [0.717, 1.165) is 4.90 Å². The average Bonchev–Trinajstić information content (AvgIpc) is 2.30. The molecule has 14 heavy (non-hydrogen) atoms. The highest BCUT2D eigenvalue weighted by Gasteiger charge is 2.29. The quantitative estimate of drug-likeness (QED) is 0.757. The van der Waals surface area contributed by atoms with Crippen LogP contribution in [0.5, 0.6) is 0 Å². The van der Waals surface area contributed by atoms with Crippen LogP contribution < -0.4 is 0 Å². The molecule has 0 radical (unpaired) electrons. The van der Waals surface area contributed by atoms with E-state index in [-0.39, 0.29) is 6.54 Å². The van der Waals surface area contributed by atoms with Crippen LogP contribution in [0.15, 0.2) is 16.5 Å². The monoisotopic (exact) mass is 207 g/mol. The Morgan fingerprint density at radius 2 is 2.00 bits per heavy atom. The second-order valence-electron chi connectivity index (χ2n) is 3.30. The molecule has 0 saturated carbocycles. The van der Waals surface area contributed by atoms with E-state index < -0.39 is 12.7 Å². The number of hydrogen-bond donors (Lipinski definition) is 0. The van der Waals surface area contributed by atoms with Crippen LogP contribution in [-0.2, 0) is 6.54 Å². The first-order chi connectivity index (χ1) is 6.37. The molecule has 5 heteroatoms. The molecule has 0 N–H and O–H groups in total. The van der Waals surface area contributed by atoms with E-state index in [1.807, 2.05) is 0 Å². The van der Waals surface area contributed by atoms with Crippen molar-refractivity contribution in [2.24, 2.45) is 0 Å². The second-order valence-corrected chi connectivity index (χ2v) is 3.30. The van der Waals surface area contributed by atoms with Crippen LogP contribution in [0, 0.1) is 6.92 Å². The maximum absolute atomic E-state index is 11.9. The van der Waals surface area contributed by atoms with Gasteiger partial charge in [-0.25, -0.2) is 0 Å². The number of alkyl halides is 3. The van der Waals surface area contributed by atoms with Gasteiger partial charge in [0.15, 0.2) is 0 Å². The molecule has 0 aliphatic rings. The number of hydrogen-bond acceptors (Lipinski definition) is 2. The zero-order valence-electron chi connectivity index (χ0n) is 8.06. The van der Waals surface area contributed by atoms with Gasteiger partial charge < -0.3 is 4.42 Å². The van der Waals surface area contributed by atoms with Gasteiger partial charge in [-0.15, -0.1) is 0 Å². The molecule has 2 nitrogen and oxygen atoms in total. The molecule has 0 unspecified atom stereocenters. The van der Waals surface area contributed by atoms with Crippen LogP contribution in [0.4, 0.5) is 13.2 Å². The predicted octanol–water partition coefficient (Wildman–Crippen LogP) is 2.58. The number of rotatable bonds is 3. The minimum Gasteiger partial charge on any atom is -0.465 e. The van der Waals surface area contributed by atoms with E-state index in [1.54, 1.807) is 19.1 Å². The first-order valence-electron chi connectivity index (χ1n) is 4.17. The van der Waals surface area contributed by atoms with Gasteiger partial charge in [-0.05, 0) is 26.1 Å².